The van der Waals surface area contributed by atoms with Crippen molar-refractivity contribution in [3.05, 3.63) is 24.2 Å². The SMILES string of the molecule is Cc1nc(C)n(C[C@@H]2CCCCN2c2ncnc3c2cnn3C)n1. The molecule has 0 aromatic carbocycles. The summed E-state index contributed by atoms with van der Waals surface area (Å²) in [5.74, 6) is 2.77. The Bertz CT molecular complexity index is 864. The quantitative estimate of drug-likeness (QED) is 0.728. The predicted octanol–water partition coefficient (Wildman–Crippen LogP) is 1.63. The predicted molar refractivity (Wildman–Crippen MR) is 90.8 cm³/mol. The fraction of sp³-hybridized carbons (Fsp3) is 0.562. The standard InChI is InChI=1S/C16H22N8/c1-11-20-12(2)24(21-11)9-13-6-4-5-7-23(13)16-14-8-19-22(3)15(14)17-10-18-16/h8,10,13H,4-7,9H2,1-3H3/t13-/m0/s1. The van der Waals surface area contributed by atoms with E-state index in [9.17, 15) is 0 Å². The van der Waals surface area contributed by atoms with Crippen molar-refractivity contribution in [1.29, 1.82) is 0 Å². The van der Waals surface area contributed by atoms with Crippen LogP contribution in [-0.2, 0) is 13.6 Å². The second-order valence-electron chi connectivity index (χ2n) is 6.43. The number of hydrogen-bond acceptors (Lipinski definition) is 6. The first kappa shape index (κ1) is 15.0. The van der Waals surface area contributed by atoms with Crippen LogP contribution in [0.25, 0.3) is 11.0 Å². The van der Waals surface area contributed by atoms with Gasteiger partial charge in [0.1, 0.15) is 23.8 Å². The molecule has 0 N–H and O–H groups in total. The summed E-state index contributed by atoms with van der Waals surface area (Å²) in [7, 11) is 1.91. The van der Waals surface area contributed by atoms with Crippen LogP contribution < -0.4 is 4.90 Å². The Balaban J connectivity index is 1.70. The van der Waals surface area contributed by atoms with E-state index in [1.165, 1.54) is 12.8 Å². The molecule has 8 heteroatoms. The first-order valence-electron chi connectivity index (χ1n) is 8.41. The van der Waals surface area contributed by atoms with Crippen LogP contribution in [0.2, 0.25) is 0 Å². The lowest BCUT2D eigenvalue weighted by atomic mass is 10.0. The average Bonchev–Trinajstić information content (AvgIpc) is 3.11. The van der Waals surface area contributed by atoms with E-state index in [4.69, 9.17) is 0 Å². The Kier molecular flexibility index (Phi) is 3.66. The molecule has 0 amide bonds. The monoisotopic (exact) mass is 326 g/mol. The fourth-order valence-corrected chi connectivity index (χ4v) is 3.58. The summed E-state index contributed by atoms with van der Waals surface area (Å²) in [4.78, 5) is 15.8. The average molecular weight is 326 g/mol. The van der Waals surface area contributed by atoms with Crippen molar-refractivity contribution in [2.24, 2.45) is 7.05 Å². The minimum absolute atomic E-state index is 0.358. The molecule has 0 unspecified atom stereocenters. The number of hydrogen-bond donors (Lipinski definition) is 0. The molecule has 8 nitrogen and oxygen atoms in total. The first-order chi connectivity index (χ1) is 11.6. The van der Waals surface area contributed by atoms with Gasteiger partial charge in [-0.3, -0.25) is 4.68 Å². The minimum atomic E-state index is 0.358. The van der Waals surface area contributed by atoms with Gasteiger partial charge in [0.05, 0.1) is 24.2 Å². The van der Waals surface area contributed by atoms with Gasteiger partial charge in [-0.05, 0) is 33.1 Å². The van der Waals surface area contributed by atoms with E-state index in [-0.39, 0.29) is 0 Å². The van der Waals surface area contributed by atoms with E-state index in [1.54, 1.807) is 11.0 Å². The van der Waals surface area contributed by atoms with Gasteiger partial charge in [0, 0.05) is 13.6 Å². The van der Waals surface area contributed by atoms with Gasteiger partial charge in [0.25, 0.3) is 0 Å². The van der Waals surface area contributed by atoms with Crippen molar-refractivity contribution >= 4 is 16.9 Å². The molecule has 1 atom stereocenters. The summed E-state index contributed by atoms with van der Waals surface area (Å²) in [6.07, 6.45) is 7.04. The van der Waals surface area contributed by atoms with Gasteiger partial charge < -0.3 is 4.90 Å². The highest BCUT2D eigenvalue weighted by molar-refractivity contribution is 5.86. The molecule has 0 bridgehead atoms. The summed E-state index contributed by atoms with van der Waals surface area (Å²) in [5, 5.41) is 9.88. The largest absolute Gasteiger partial charge is 0.351 e. The molecule has 4 heterocycles. The van der Waals surface area contributed by atoms with Gasteiger partial charge in [-0.15, -0.1) is 0 Å². The molecule has 0 saturated carbocycles. The molecule has 1 saturated heterocycles. The van der Waals surface area contributed by atoms with Gasteiger partial charge in [0.2, 0.25) is 0 Å². The van der Waals surface area contributed by atoms with Crippen molar-refractivity contribution in [3.8, 4) is 0 Å². The number of aryl methyl sites for hydroxylation is 3. The highest BCUT2D eigenvalue weighted by atomic mass is 15.4. The molecule has 0 aliphatic carbocycles. The topological polar surface area (TPSA) is 77.5 Å². The number of nitrogens with zero attached hydrogens (tertiary/aromatic N) is 8. The Morgan fingerprint density at radius 1 is 1.21 bits per heavy atom. The van der Waals surface area contributed by atoms with Crippen molar-refractivity contribution in [2.45, 2.75) is 45.7 Å². The third kappa shape index (κ3) is 2.51. The smallest absolute Gasteiger partial charge is 0.163 e. The van der Waals surface area contributed by atoms with Gasteiger partial charge in [-0.25, -0.2) is 19.6 Å². The Hall–Kier alpha value is -2.51. The summed E-state index contributed by atoms with van der Waals surface area (Å²) in [6, 6.07) is 0.358. The highest BCUT2D eigenvalue weighted by Gasteiger charge is 2.27. The zero-order chi connectivity index (χ0) is 16.7. The maximum Gasteiger partial charge on any atom is 0.163 e. The third-order valence-corrected chi connectivity index (χ3v) is 4.75. The fourth-order valence-electron chi connectivity index (χ4n) is 3.58. The maximum atomic E-state index is 4.58. The number of anilines is 1. The molecule has 1 aliphatic rings. The van der Waals surface area contributed by atoms with Crippen LogP contribution in [0.5, 0.6) is 0 Å². The molecule has 1 aliphatic heterocycles. The van der Waals surface area contributed by atoms with E-state index in [2.05, 4.69) is 30.0 Å². The van der Waals surface area contributed by atoms with E-state index < -0.39 is 0 Å². The number of piperidine rings is 1. The molecule has 3 aromatic heterocycles. The normalized spacial score (nSPS) is 18.5. The molecule has 1 fully saturated rings. The Morgan fingerprint density at radius 3 is 2.88 bits per heavy atom. The van der Waals surface area contributed by atoms with Crippen molar-refractivity contribution < 1.29 is 0 Å². The van der Waals surface area contributed by atoms with Gasteiger partial charge in [-0.2, -0.15) is 10.2 Å². The highest BCUT2D eigenvalue weighted by Crippen LogP contribution is 2.29. The van der Waals surface area contributed by atoms with E-state index in [0.29, 0.717) is 6.04 Å². The van der Waals surface area contributed by atoms with Crippen molar-refractivity contribution in [3.63, 3.8) is 0 Å². The molecule has 0 spiro atoms. The van der Waals surface area contributed by atoms with Gasteiger partial charge in [0.15, 0.2) is 5.65 Å². The lowest BCUT2D eigenvalue weighted by molar-refractivity contribution is 0.392. The van der Waals surface area contributed by atoms with Gasteiger partial charge in [-0.1, -0.05) is 0 Å². The van der Waals surface area contributed by atoms with Crippen LogP contribution in [0.4, 0.5) is 5.82 Å². The van der Waals surface area contributed by atoms with Crippen molar-refractivity contribution in [1.82, 2.24) is 34.5 Å². The van der Waals surface area contributed by atoms with Crippen molar-refractivity contribution in [2.75, 3.05) is 11.4 Å². The number of rotatable bonds is 3. The van der Waals surface area contributed by atoms with Crippen LogP contribution >= 0.6 is 0 Å². The zero-order valence-corrected chi connectivity index (χ0v) is 14.3. The molecular weight excluding hydrogens is 304 g/mol. The molecule has 3 aromatic rings. The summed E-state index contributed by atoms with van der Waals surface area (Å²) in [5.41, 5.74) is 0.872. The zero-order valence-electron chi connectivity index (χ0n) is 14.3. The van der Waals surface area contributed by atoms with Crippen LogP contribution in [0.1, 0.15) is 30.9 Å². The molecular formula is C16H22N8. The van der Waals surface area contributed by atoms with E-state index in [1.807, 2.05) is 31.8 Å². The summed E-state index contributed by atoms with van der Waals surface area (Å²) < 4.78 is 3.81. The second kappa shape index (κ2) is 5.85. The van der Waals surface area contributed by atoms with Gasteiger partial charge >= 0.3 is 0 Å². The second-order valence-corrected chi connectivity index (χ2v) is 6.43. The van der Waals surface area contributed by atoms with E-state index in [0.717, 1.165) is 48.0 Å². The van der Waals surface area contributed by atoms with Crippen LogP contribution in [0.15, 0.2) is 12.5 Å². The van der Waals surface area contributed by atoms with Crippen LogP contribution in [-0.4, -0.2) is 47.1 Å². The van der Waals surface area contributed by atoms with E-state index >= 15 is 0 Å². The third-order valence-electron chi connectivity index (χ3n) is 4.75. The molecule has 4 rings (SSSR count). The minimum Gasteiger partial charge on any atom is -0.351 e. The lowest BCUT2D eigenvalue weighted by Crippen LogP contribution is -2.43. The molecule has 24 heavy (non-hydrogen) atoms. The number of aromatic nitrogens is 7. The Morgan fingerprint density at radius 2 is 2.08 bits per heavy atom. The van der Waals surface area contributed by atoms with Crippen LogP contribution in [0.3, 0.4) is 0 Å². The van der Waals surface area contributed by atoms with Crippen LogP contribution in [0, 0.1) is 13.8 Å². The summed E-state index contributed by atoms with van der Waals surface area (Å²) in [6.45, 7) is 5.78. The first-order valence-corrected chi connectivity index (χ1v) is 8.41. The lowest BCUT2D eigenvalue weighted by Gasteiger charge is -2.36. The number of fused-ring (bicyclic) bond motifs is 1. The maximum absolute atomic E-state index is 4.58. The summed E-state index contributed by atoms with van der Waals surface area (Å²) >= 11 is 0. The molecule has 126 valence electrons. The molecule has 0 radical (unpaired) electrons. The Labute approximate surface area is 140 Å².